The summed E-state index contributed by atoms with van der Waals surface area (Å²) >= 11 is 0. The van der Waals surface area contributed by atoms with Crippen LogP contribution in [0.4, 0.5) is 0 Å². The third kappa shape index (κ3) is 3.52. The van der Waals surface area contributed by atoms with E-state index in [1.165, 1.54) is 11.6 Å². The van der Waals surface area contributed by atoms with Gasteiger partial charge in [0.2, 0.25) is 0 Å². The van der Waals surface area contributed by atoms with Crippen LogP contribution in [0.2, 0.25) is 0 Å². The van der Waals surface area contributed by atoms with E-state index in [2.05, 4.69) is 24.3 Å². The first-order valence-electron chi connectivity index (χ1n) is 9.48. The molecule has 4 heteroatoms. The van der Waals surface area contributed by atoms with E-state index in [1.807, 2.05) is 13.1 Å². The Hall–Kier alpha value is -2.88. The van der Waals surface area contributed by atoms with Gasteiger partial charge >= 0.3 is 0 Å². The first kappa shape index (κ1) is 17.5. The largest absolute Gasteiger partial charge is 0.451 e. The third-order valence-corrected chi connectivity index (χ3v) is 5.68. The average molecular weight is 361 g/mol. The van der Waals surface area contributed by atoms with Crippen molar-refractivity contribution in [2.24, 2.45) is 0 Å². The Labute approximate surface area is 158 Å². The molecule has 1 fully saturated rings. The lowest BCUT2D eigenvalue weighted by Crippen LogP contribution is -2.39. The number of hydrogen-bond acceptors (Lipinski definition) is 3. The summed E-state index contributed by atoms with van der Waals surface area (Å²) in [7, 11) is 1.81. The number of fused-ring (bicyclic) bond motifs is 1. The minimum absolute atomic E-state index is 0.117. The topological polar surface area (TPSA) is 50.5 Å². The van der Waals surface area contributed by atoms with Crippen molar-refractivity contribution in [3.63, 3.8) is 0 Å². The summed E-state index contributed by atoms with van der Waals surface area (Å²) in [6.45, 7) is 0. The standard InChI is InChI=1S/C23H23NO3/c1-24(18-13-11-17(12-14-18)16-7-3-2-4-8-16)23(26)22-15-20(25)19-9-5-6-10-21(19)27-22/h2-10,15,17-18H,11-14H2,1H3. The zero-order chi connectivity index (χ0) is 18.8. The second-order valence-corrected chi connectivity index (χ2v) is 7.30. The fourth-order valence-electron chi connectivity index (χ4n) is 4.07. The van der Waals surface area contributed by atoms with Crippen LogP contribution in [0.1, 0.15) is 47.7 Å². The van der Waals surface area contributed by atoms with Gasteiger partial charge in [0.25, 0.3) is 5.91 Å². The Kier molecular flexibility index (Phi) is 4.80. The lowest BCUT2D eigenvalue weighted by molar-refractivity contribution is 0.0658. The average Bonchev–Trinajstić information content (AvgIpc) is 2.73. The molecule has 1 heterocycles. The number of carbonyl (C=O) groups is 1. The first-order valence-corrected chi connectivity index (χ1v) is 9.48. The molecule has 1 aliphatic rings. The van der Waals surface area contributed by atoms with E-state index >= 15 is 0 Å². The van der Waals surface area contributed by atoms with Gasteiger partial charge in [0, 0.05) is 19.2 Å². The van der Waals surface area contributed by atoms with Crippen molar-refractivity contribution in [2.45, 2.75) is 37.6 Å². The molecule has 3 aromatic rings. The zero-order valence-corrected chi connectivity index (χ0v) is 15.4. The van der Waals surface area contributed by atoms with Crippen molar-refractivity contribution in [2.75, 3.05) is 7.05 Å². The van der Waals surface area contributed by atoms with Gasteiger partial charge in [-0.25, -0.2) is 0 Å². The number of para-hydroxylation sites is 1. The Morgan fingerprint density at radius 1 is 0.963 bits per heavy atom. The highest BCUT2D eigenvalue weighted by Crippen LogP contribution is 2.34. The molecule has 0 saturated heterocycles. The molecule has 0 atom stereocenters. The van der Waals surface area contributed by atoms with E-state index in [0.717, 1.165) is 25.7 Å². The molecule has 0 aliphatic heterocycles. The lowest BCUT2D eigenvalue weighted by Gasteiger charge is -2.34. The van der Waals surface area contributed by atoms with Gasteiger partial charge in [-0.3, -0.25) is 9.59 Å². The number of benzene rings is 2. The Balaban J connectivity index is 1.48. The summed E-state index contributed by atoms with van der Waals surface area (Å²) in [4.78, 5) is 26.9. The van der Waals surface area contributed by atoms with Crippen molar-refractivity contribution >= 4 is 16.9 Å². The van der Waals surface area contributed by atoms with Gasteiger partial charge in [-0.2, -0.15) is 0 Å². The van der Waals surface area contributed by atoms with Crippen LogP contribution < -0.4 is 5.43 Å². The molecule has 138 valence electrons. The summed E-state index contributed by atoms with van der Waals surface area (Å²) in [6, 6.07) is 19.1. The molecule has 0 N–H and O–H groups in total. The molecule has 1 saturated carbocycles. The van der Waals surface area contributed by atoms with Crippen molar-refractivity contribution in [3.8, 4) is 0 Å². The van der Waals surface area contributed by atoms with Crippen LogP contribution in [0.25, 0.3) is 11.0 Å². The van der Waals surface area contributed by atoms with Crippen molar-refractivity contribution in [1.29, 1.82) is 0 Å². The number of amides is 1. The van der Waals surface area contributed by atoms with Gasteiger partial charge in [0.1, 0.15) is 5.58 Å². The van der Waals surface area contributed by atoms with Crippen LogP contribution >= 0.6 is 0 Å². The number of hydrogen-bond donors (Lipinski definition) is 0. The van der Waals surface area contributed by atoms with Crippen molar-refractivity contribution in [1.82, 2.24) is 4.90 Å². The lowest BCUT2D eigenvalue weighted by atomic mass is 9.81. The maximum Gasteiger partial charge on any atom is 0.289 e. The SMILES string of the molecule is CN(C(=O)c1cc(=O)c2ccccc2o1)C1CCC(c2ccccc2)CC1. The highest BCUT2D eigenvalue weighted by Gasteiger charge is 2.29. The third-order valence-electron chi connectivity index (χ3n) is 5.68. The van der Waals surface area contributed by atoms with Crippen molar-refractivity contribution in [3.05, 3.63) is 82.2 Å². The fourth-order valence-corrected chi connectivity index (χ4v) is 4.07. The number of nitrogens with zero attached hydrogens (tertiary/aromatic N) is 1. The van der Waals surface area contributed by atoms with Crippen LogP contribution in [0.5, 0.6) is 0 Å². The first-order chi connectivity index (χ1) is 13.1. The van der Waals surface area contributed by atoms with Crippen LogP contribution in [0.15, 0.2) is 69.9 Å². The van der Waals surface area contributed by atoms with Crippen LogP contribution in [0, 0.1) is 0 Å². The highest BCUT2D eigenvalue weighted by atomic mass is 16.3. The van der Waals surface area contributed by atoms with E-state index in [1.54, 1.807) is 29.2 Å². The van der Waals surface area contributed by atoms with Gasteiger partial charge in [0.05, 0.1) is 5.39 Å². The molecule has 1 aliphatic carbocycles. The normalized spacial score (nSPS) is 19.7. The molecule has 4 rings (SSSR count). The van der Waals surface area contributed by atoms with Gasteiger partial charge in [-0.1, -0.05) is 42.5 Å². The Morgan fingerprint density at radius 3 is 2.37 bits per heavy atom. The maximum absolute atomic E-state index is 12.9. The molecule has 27 heavy (non-hydrogen) atoms. The van der Waals surface area contributed by atoms with E-state index in [-0.39, 0.29) is 23.1 Å². The molecule has 0 radical (unpaired) electrons. The molecule has 1 aromatic heterocycles. The van der Waals surface area contributed by atoms with Crippen LogP contribution in [-0.4, -0.2) is 23.9 Å². The number of rotatable bonds is 3. The zero-order valence-electron chi connectivity index (χ0n) is 15.4. The van der Waals surface area contributed by atoms with E-state index < -0.39 is 0 Å². The van der Waals surface area contributed by atoms with Gasteiger partial charge in [-0.05, 0) is 49.3 Å². The molecular formula is C23H23NO3. The maximum atomic E-state index is 12.9. The summed E-state index contributed by atoms with van der Waals surface area (Å²) < 4.78 is 5.72. The van der Waals surface area contributed by atoms with E-state index in [9.17, 15) is 9.59 Å². The van der Waals surface area contributed by atoms with Gasteiger partial charge in [-0.15, -0.1) is 0 Å². The second kappa shape index (κ2) is 7.39. The predicted molar refractivity (Wildman–Crippen MR) is 106 cm³/mol. The fraction of sp³-hybridized carbons (Fsp3) is 0.304. The minimum atomic E-state index is -0.221. The van der Waals surface area contributed by atoms with Gasteiger partial charge < -0.3 is 9.32 Å². The molecule has 1 amide bonds. The molecule has 0 spiro atoms. The second-order valence-electron chi connectivity index (χ2n) is 7.30. The minimum Gasteiger partial charge on any atom is -0.451 e. The number of carbonyl (C=O) groups excluding carboxylic acids is 1. The molecule has 0 unspecified atom stereocenters. The monoisotopic (exact) mass is 361 g/mol. The summed E-state index contributed by atoms with van der Waals surface area (Å²) in [6.07, 6.45) is 4.04. The molecule has 2 aromatic carbocycles. The van der Waals surface area contributed by atoms with E-state index in [0.29, 0.717) is 16.9 Å². The Morgan fingerprint density at radius 2 is 1.63 bits per heavy atom. The summed E-state index contributed by atoms with van der Waals surface area (Å²) in [5.74, 6) is 0.456. The molecule has 0 bridgehead atoms. The predicted octanol–water partition coefficient (Wildman–Crippen LogP) is 4.59. The molecule has 4 nitrogen and oxygen atoms in total. The van der Waals surface area contributed by atoms with Crippen LogP contribution in [-0.2, 0) is 0 Å². The smallest absolute Gasteiger partial charge is 0.289 e. The summed E-state index contributed by atoms with van der Waals surface area (Å²) in [5.41, 5.74) is 1.65. The summed E-state index contributed by atoms with van der Waals surface area (Å²) in [5, 5.41) is 0.500. The van der Waals surface area contributed by atoms with Gasteiger partial charge in [0.15, 0.2) is 11.2 Å². The highest BCUT2D eigenvalue weighted by molar-refractivity contribution is 5.93. The quantitative estimate of drug-likeness (QED) is 0.685. The molecular weight excluding hydrogens is 338 g/mol. The van der Waals surface area contributed by atoms with Crippen molar-refractivity contribution < 1.29 is 9.21 Å². The van der Waals surface area contributed by atoms with Crippen LogP contribution in [0.3, 0.4) is 0 Å². The van der Waals surface area contributed by atoms with E-state index in [4.69, 9.17) is 4.42 Å². The Bertz CT molecular complexity index is 1000.